The highest BCUT2D eigenvalue weighted by Gasteiger charge is 2.22. The highest BCUT2D eigenvalue weighted by molar-refractivity contribution is 7.09. The molecule has 0 aliphatic heterocycles. The topological polar surface area (TPSA) is 97.1 Å². The van der Waals surface area contributed by atoms with Gasteiger partial charge in [0.25, 0.3) is 11.8 Å². The maximum Gasteiger partial charge on any atom is 0.273 e. The number of hydrogen-bond donors (Lipinski definition) is 3. The Kier molecular flexibility index (Phi) is 5.11. The number of nitrogens with zero attached hydrogens (tertiary/aromatic N) is 1. The molecule has 1 aromatic carbocycles. The minimum Gasteiger partial charge on any atom is -0.395 e. The Balaban J connectivity index is 2.05. The summed E-state index contributed by atoms with van der Waals surface area (Å²) in [6.07, 6.45) is 0. The standard InChI is InChI=1S/C15H18N4O2S/c1-9(2)18-14(20)12-11(16)13(22-19-12)15(21)17-8-10-6-4-3-5-7-10/h3-7,9H,8,16H2,1-2H3,(H,17,21)(H,18,20). The van der Waals surface area contributed by atoms with Gasteiger partial charge in [-0.1, -0.05) is 30.3 Å². The van der Waals surface area contributed by atoms with E-state index in [1.54, 1.807) is 0 Å². The van der Waals surface area contributed by atoms with Crippen LogP contribution in [0.25, 0.3) is 0 Å². The van der Waals surface area contributed by atoms with E-state index in [0.29, 0.717) is 6.54 Å². The predicted octanol–water partition coefficient (Wildman–Crippen LogP) is 1.79. The monoisotopic (exact) mass is 318 g/mol. The minimum atomic E-state index is -0.370. The first-order chi connectivity index (χ1) is 10.5. The minimum absolute atomic E-state index is 0.0241. The van der Waals surface area contributed by atoms with Gasteiger partial charge in [0.15, 0.2) is 5.69 Å². The van der Waals surface area contributed by atoms with Crippen molar-refractivity contribution >= 4 is 29.0 Å². The van der Waals surface area contributed by atoms with Gasteiger partial charge in [-0.25, -0.2) is 0 Å². The van der Waals surface area contributed by atoms with Crippen LogP contribution in [0.1, 0.15) is 39.6 Å². The summed E-state index contributed by atoms with van der Waals surface area (Å²) in [6, 6.07) is 9.51. The molecule has 2 aromatic rings. The Bertz CT molecular complexity index is 667. The van der Waals surface area contributed by atoms with Crippen molar-refractivity contribution in [3.8, 4) is 0 Å². The molecule has 0 atom stereocenters. The lowest BCUT2D eigenvalue weighted by Gasteiger charge is -2.07. The number of rotatable bonds is 5. The van der Waals surface area contributed by atoms with Crippen LogP contribution in [0, 0.1) is 0 Å². The molecule has 1 heterocycles. The number of carbonyl (C=O) groups is 2. The first kappa shape index (κ1) is 16.0. The zero-order valence-electron chi connectivity index (χ0n) is 12.4. The van der Waals surface area contributed by atoms with E-state index >= 15 is 0 Å². The quantitative estimate of drug-likeness (QED) is 0.783. The van der Waals surface area contributed by atoms with Crippen LogP contribution < -0.4 is 16.4 Å². The molecule has 2 rings (SSSR count). The van der Waals surface area contributed by atoms with Gasteiger partial charge in [0.2, 0.25) is 0 Å². The van der Waals surface area contributed by atoms with Gasteiger partial charge in [-0.15, -0.1) is 0 Å². The summed E-state index contributed by atoms with van der Waals surface area (Å²) in [6.45, 7) is 4.08. The van der Waals surface area contributed by atoms with Crippen LogP contribution in [0.3, 0.4) is 0 Å². The van der Waals surface area contributed by atoms with E-state index in [1.807, 2.05) is 44.2 Å². The molecule has 0 spiro atoms. The zero-order valence-corrected chi connectivity index (χ0v) is 13.2. The van der Waals surface area contributed by atoms with Crippen molar-refractivity contribution in [1.82, 2.24) is 15.0 Å². The molecule has 22 heavy (non-hydrogen) atoms. The summed E-state index contributed by atoms with van der Waals surface area (Å²) in [5.41, 5.74) is 7.08. The Labute approximate surface area is 132 Å². The number of hydrogen-bond acceptors (Lipinski definition) is 5. The van der Waals surface area contributed by atoms with Gasteiger partial charge in [0.05, 0.1) is 5.69 Å². The first-order valence-corrected chi connectivity index (χ1v) is 7.64. The Morgan fingerprint density at radius 3 is 2.55 bits per heavy atom. The van der Waals surface area contributed by atoms with Crippen LogP contribution >= 0.6 is 11.5 Å². The van der Waals surface area contributed by atoms with E-state index in [-0.39, 0.29) is 34.1 Å². The second-order valence-electron chi connectivity index (χ2n) is 5.07. The van der Waals surface area contributed by atoms with Gasteiger partial charge in [0, 0.05) is 12.6 Å². The molecule has 116 valence electrons. The third kappa shape index (κ3) is 3.82. The van der Waals surface area contributed by atoms with E-state index in [2.05, 4.69) is 15.0 Å². The van der Waals surface area contributed by atoms with Crippen molar-refractivity contribution in [2.24, 2.45) is 0 Å². The van der Waals surface area contributed by atoms with Crippen molar-refractivity contribution in [2.75, 3.05) is 5.73 Å². The van der Waals surface area contributed by atoms with Gasteiger partial charge in [-0.05, 0) is 30.9 Å². The van der Waals surface area contributed by atoms with Crippen LogP contribution in [0.2, 0.25) is 0 Å². The lowest BCUT2D eigenvalue weighted by molar-refractivity contribution is 0.0939. The summed E-state index contributed by atoms with van der Waals surface area (Å²) < 4.78 is 3.99. The summed E-state index contributed by atoms with van der Waals surface area (Å²) >= 11 is 0.927. The lowest BCUT2D eigenvalue weighted by atomic mass is 10.2. The molecule has 2 amide bonds. The van der Waals surface area contributed by atoms with Gasteiger partial charge in [-0.3, -0.25) is 9.59 Å². The highest BCUT2D eigenvalue weighted by Crippen LogP contribution is 2.21. The van der Waals surface area contributed by atoms with Crippen LogP contribution in [-0.4, -0.2) is 22.2 Å². The first-order valence-electron chi connectivity index (χ1n) is 6.87. The third-order valence-electron chi connectivity index (χ3n) is 2.86. The Morgan fingerprint density at radius 2 is 1.91 bits per heavy atom. The molecule has 0 aliphatic rings. The Hall–Kier alpha value is -2.41. The van der Waals surface area contributed by atoms with Crippen LogP contribution in [0.5, 0.6) is 0 Å². The fourth-order valence-corrected chi connectivity index (χ4v) is 2.53. The molecule has 0 radical (unpaired) electrons. The molecule has 0 saturated heterocycles. The summed E-state index contributed by atoms with van der Waals surface area (Å²) in [4.78, 5) is 24.3. The third-order valence-corrected chi connectivity index (χ3v) is 3.73. The number of anilines is 1. The molecule has 7 heteroatoms. The zero-order chi connectivity index (χ0) is 16.1. The fraction of sp³-hybridized carbons (Fsp3) is 0.267. The average Bonchev–Trinajstić information content (AvgIpc) is 2.87. The van der Waals surface area contributed by atoms with Gasteiger partial charge in [-0.2, -0.15) is 4.37 Å². The van der Waals surface area contributed by atoms with Gasteiger partial charge in [0.1, 0.15) is 4.88 Å². The van der Waals surface area contributed by atoms with Crippen molar-refractivity contribution in [3.63, 3.8) is 0 Å². The number of amides is 2. The predicted molar refractivity (Wildman–Crippen MR) is 86.7 cm³/mol. The smallest absolute Gasteiger partial charge is 0.273 e. The average molecular weight is 318 g/mol. The SMILES string of the molecule is CC(C)NC(=O)c1nsc(C(=O)NCc2ccccc2)c1N. The highest BCUT2D eigenvalue weighted by atomic mass is 32.1. The number of nitrogen functional groups attached to an aromatic ring is 1. The second kappa shape index (κ2) is 7.04. The largest absolute Gasteiger partial charge is 0.395 e. The maximum absolute atomic E-state index is 12.1. The van der Waals surface area contributed by atoms with E-state index in [1.165, 1.54) is 0 Å². The van der Waals surface area contributed by atoms with Crippen molar-refractivity contribution in [1.29, 1.82) is 0 Å². The molecule has 1 aromatic heterocycles. The normalized spacial score (nSPS) is 10.5. The summed E-state index contributed by atoms with van der Waals surface area (Å²) in [5.74, 6) is -0.701. The van der Waals surface area contributed by atoms with E-state index < -0.39 is 0 Å². The second-order valence-corrected chi connectivity index (χ2v) is 5.84. The molecule has 6 nitrogen and oxygen atoms in total. The molecule has 0 aliphatic carbocycles. The molecule has 0 bridgehead atoms. The summed E-state index contributed by atoms with van der Waals surface area (Å²) in [5, 5.41) is 5.47. The molecule has 0 unspecified atom stereocenters. The van der Waals surface area contributed by atoms with Crippen LogP contribution in [0.4, 0.5) is 5.69 Å². The maximum atomic E-state index is 12.1. The van der Waals surface area contributed by atoms with E-state index in [9.17, 15) is 9.59 Å². The summed E-state index contributed by atoms with van der Waals surface area (Å²) in [7, 11) is 0. The van der Waals surface area contributed by atoms with Crippen molar-refractivity contribution in [2.45, 2.75) is 26.4 Å². The fourth-order valence-electron chi connectivity index (χ4n) is 1.81. The molecule has 0 saturated carbocycles. The van der Waals surface area contributed by atoms with Crippen molar-refractivity contribution < 1.29 is 9.59 Å². The number of nitrogens with two attached hydrogens (primary N) is 1. The molecule has 4 N–H and O–H groups in total. The molecule has 0 fully saturated rings. The number of benzene rings is 1. The number of nitrogens with one attached hydrogen (secondary N) is 2. The van der Waals surface area contributed by atoms with Crippen molar-refractivity contribution in [3.05, 3.63) is 46.5 Å². The molecular weight excluding hydrogens is 300 g/mol. The molecular formula is C15H18N4O2S. The van der Waals surface area contributed by atoms with E-state index in [4.69, 9.17) is 5.73 Å². The van der Waals surface area contributed by atoms with Crippen LogP contribution in [-0.2, 0) is 6.54 Å². The van der Waals surface area contributed by atoms with Gasteiger partial charge < -0.3 is 16.4 Å². The van der Waals surface area contributed by atoms with Crippen LogP contribution in [0.15, 0.2) is 30.3 Å². The van der Waals surface area contributed by atoms with E-state index in [0.717, 1.165) is 17.1 Å². The number of carbonyl (C=O) groups excluding carboxylic acids is 2. The number of aromatic nitrogens is 1. The Morgan fingerprint density at radius 1 is 1.23 bits per heavy atom. The lowest BCUT2D eigenvalue weighted by Crippen LogP contribution is -2.31. The van der Waals surface area contributed by atoms with Gasteiger partial charge >= 0.3 is 0 Å².